The highest BCUT2D eigenvalue weighted by Crippen LogP contribution is 2.29. The van der Waals surface area contributed by atoms with E-state index in [4.69, 9.17) is 9.97 Å². The number of aryl methyl sites for hydroxylation is 2. The van der Waals surface area contributed by atoms with Gasteiger partial charge in [-0.05, 0) is 62.7 Å². The molecule has 0 aliphatic heterocycles. The number of aromatic nitrogens is 2. The van der Waals surface area contributed by atoms with Crippen molar-refractivity contribution in [3.8, 4) is 10.7 Å². The molecule has 3 nitrogen and oxygen atoms in total. The maximum Gasteiger partial charge on any atom is 0.169 e. The van der Waals surface area contributed by atoms with Crippen LogP contribution in [0.5, 0.6) is 0 Å². The summed E-state index contributed by atoms with van der Waals surface area (Å²) in [5.41, 5.74) is 3.81. The zero-order chi connectivity index (χ0) is 13.2. The van der Waals surface area contributed by atoms with E-state index in [0.717, 1.165) is 36.8 Å². The van der Waals surface area contributed by atoms with Gasteiger partial charge < -0.3 is 5.32 Å². The molecule has 2 aromatic heterocycles. The number of rotatable bonds is 3. The molecule has 0 saturated heterocycles. The molecule has 1 unspecified atom stereocenters. The average Bonchev–Trinajstić information content (AvgIpc) is 2.93. The van der Waals surface area contributed by atoms with E-state index in [1.807, 2.05) is 7.05 Å². The number of fused-ring (bicyclic) bond motifs is 1. The van der Waals surface area contributed by atoms with Gasteiger partial charge >= 0.3 is 0 Å². The van der Waals surface area contributed by atoms with Crippen LogP contribution in [-0.2, 0) is 12.8 Å². The van der Waals surface area contributed by atoms with Crippen molar-refractivity contribution in [2.75, 3.05) is 13.6 Å². The van der Waals surface area contributed by atoms with Gasteiger partial charge in [-0.3, -0.25) is 0 Å². The summed E-state index contributed by atoms with van der Waals surface area (Å²) in [4.78, 5) is 10.7. The van der Waals surface area contributed by atoms with E-state index in [0.29, 0.717) is 0 Å². The van der Waals surface area contributed by atoms with E-state index in [-0.39, 0.29) is 0 Å². The lowest BCUT2D eigenvalue weighted by molar-refractivity contribution is 0.433. The van der Waals surface area contributed by atoms with Crippen molar-refractivity contribution in [3.63, 3.8) is 0 Å². The molecule has 0 spiro atoms. The Balaban J connectivity index is 1.94. The first-order valence-electron chi connectivity index (χ1n) is 6.83. The third-order valence-corrected chi connectivity index (χ3v) is 4.68. The van der Waals surface area contributed by atoms with Crippen LogP contribution in [0, 0.1) is 12.8 Å². The molecular formula is C15H19N3S. The molecule has 19 heavy (non-hydrogen) atoms. The van der Waals surface area contributed by atoms with E-state index in [9.17, 15) is 0 Å². The summed E-state index contributed by atoms with van der Waals surface area (Å²) in [5, 5.41) is 5.36. The normalized spacial score (nSPS) is 18.3. The molecule has 1 aliphatic rings. The summed E-state index contributed by atoms with van der Waals surface area (Å²) < 4.78 is 0. The Morgan fingerprint density at radius 2 is 2.32 bits per heavy atom. The molecule has 0 radical (unpaired) electrons. The van der Waals surface area contributed by atoms with Gasteiger partial charge in [0.05, 0.1) is 4.88 Å². The Kier molecular flexibility index (Phi) is 3.62. The van der Waals surface area contributed by atoms with Crippen LogP contribution in [0.3, 0.4) is 0 Å². The van der Waals surface area contributed by atoms with Crippen LogP contribution in [0.4, 0.5) is 0 Å². The fourth-order valence-corrected chi connectivity index (χ4v) is 3.50. The van der Waals surface area contributed by atoms with Gasteiger partial charge in [-0.2, -0.15) is 0 Å². The second-order valence-corrected chi connectivity index (χ2v) is 6.15. The Labute approximate surface area is 118 Å². The number of nitrogens with one attached hydrogen (secondary N) is 1. The number of nitrogens with zero attached hydrogens (tertiary/aromatic N) is 2. The number of hydrogen-bond donors (Lipinski definition) is 1. The van der Waals surface area contributed by atoms with Crippen molar-refractivity contribution in [1.82, 2.24) is 15.3 Å². The third-order valence-electron chi connectivity index (χ3n) is 3.82. The van der Waals surface area contributed by atoms with Crippen LogP contribution >= 0.6 is 11.3 Å². The quantitative estimate of drug-likeness (QED) is 0.934. The molecular weight excluding hydrogens is 254 g/mol. The Morgan fingerprint density at radius 3 is 3.05 bits per heavy atom. The van der Waals surface area contributed by atoms with Gasteiger partial charge in [0.1, 0.15) is 0 Å². The third kappa shape index (κ3) is 2.55. The van der Waals surface area contributed by atoms with Crippen LogP contribution < -0.4 is 5.32 Å². The van der Waals surface area contributed by atoms with Gasteiger partial charge in [0.25, 0.3) is 0 Å². The summed E-state index contributed by atoms with van der Waals surface area (Å²) in [6.45, 7) is 3.21. The minimum absolute atomic E-state index is 0.729. The van der Waals surface area contributed by atoms with Gasteiger partial charge in [-0.15, -0.1) is 11.3 Å². The zero-order valence-corrected chi connectivity index (χ0v) is 12.3. The van der Waals surface area contributed by atoms with E-state index in [1.54, 1.807) is 11.3 Å². The lowest BCUT2D eigenvalue weighted by atomic mass is 9.86. The van der Waals surface area contributed by atoms with Crippen molar-refractivity contribution >= 4 is 11.3 Å². The topological polar surface area (TPSA) is 37.8 Å². The van der Waals surface area contributed by atoms with E-state index < -0.39 is 0 Å². The predicted molar refractivity (Wildman–Crippen MR) is 79.5 cm³/mol. The van der Waals surface area contributed by atoms with Crippen molar-refractivity contribution < 1.29 is 0 Å². The minimum atomic E-state index is 0.729. The first kappa shape index (κ1) is 12.8. The molecule has 2 aromatic rings. The summed E-state index contributed by atoms with van der Waals surface area (Å²) in [7, 11) is 2.03. The molecule has 2 heterocycles. The molecule has 100 valence electrons. The minimum Gasteiger partial charge on any atom is -0.319 e. The fourth-order valence-electron chi connectivity index (χ4n) is 2.84. The fraction of sp³-hybridized carbons (Fsp3) is 0.467. The van der Waals surface area contributed by atoms with Crippen LogP contribution in [0.2, 0.25) is 0 Å². The Bertz CT molecular complexity index is 563. The first-order valence-corrected chi connectivity index (χ1v) is 7.70. The maximum atomic E-state index is 4.79. The number of thiophene rings is 1. The highest BCUT2D eigenvalue weighted by Gasteiger charge is 2.22. The molecule has 0 aromatic carbocycles. The second-order valence-electron chi connectivity index (χ2n) is 5.20. The lowest BCUT2D eigenvalue weighted by Gasteiger charge is -2.25. The molecule has 0 bridgehead atoms. The first-order chi connectivity index (χ1) is 9.28. The predicted octanol–water partition coefficient (Wildman–Crippen LogP) is 2.84. The SMILES string of the molecule is CNCC1CCc2nc(-c3cccs3)nc(C)c2C1. The van der Waals surface area contributed by atoms with Gasteiger partial charge in [-0.1, -0.05) is 6.07 Å². The van der Waals surface area contributed by atoms with Crippen molar-refractivity contribution in [3.05, 3.63) is 34.5 Å². The van der Waals surface area contributed by atoms with Crippen molar-refractivity contribution in [2.24, 2.45) is 5.92 Å². The Morgan fingerprint density at radius 1 is 1.42 bits per heavy atom. The van der Waals surface area contributed by atoms with Gasteiger partial charge in [0.15, 0.2) is 5.82 Å². The van der Waals surface area contributed by atoms with E-state index in [1.165, 1.54) is 22.6 Å². The summed E-state index contributed by atoms with van der Waals surface area (Å²) in [5.74, 6) is 1.63. The summed E-state index contributed by atoms with van der Waals surface area (Å²) >= 11 is 1.71. The molecule has 0 fully saturated rings. The van der Waals surface area contributed by atoms with Gasteiger partial charge in [0.2, 0.25) is 0 Å². The smallest absolute Gasteiger partial charge is 0.169 e. The zero-order valence-electron chi connectivity index (χ0n) is 11.4. The van der Waals surface area contributed by atoms with Crippen LogP contribution in [0.1, 0.15) is 23.4 Å². The summed E-state index contributed by atoms with van der Waals surface area (Å²) in [6, 6.07) is 4.15. The average molecular weight is 273 g/mol. The second kappa shape index (κ2) is 5.39. The standard InChI is InChI=1S/C15H19N3S/c1-10-12-8-11(9-16-2)5-6-13(12)18-15(17-10)14-4-3-7-19-14/h3-4,7,11,16H,5-6,8-9H2,1-2H3. The molecule has 1 N–H and O–H groups in total. The highest BCUT2D eigenvalue weighted by molar-refractivity contribution is 7.13. The monoisotopic (exact) mass is 273 g/mol. The molecule has 3 rings (SSSR count). The van der Waals surface area contributed by atoms with E-state index in [2.05, 4.69) is 29.8 Å². The van der Waals surface area contributed by atoms with Crippen LogP contribution in [0.15, 0.2) is 17.5 Å². The molecule has 4 heteroatoms. The van der Waals surface area contributed by atoms with Crippen molar-refractivity contribution in [1.29, 1.82) is 0 Å². The van der Waals surface area contributed by atoms with Crippen molar-refractivity contribution in [2.45, 2.75) is 26.2 Å². The van der Waals surface area contributed by atoms with E-state index >= 15 is 0 Å². The molecule has 0 saturated carbocycles. The number of hydrogen-bond acceptors (Lipinski definition) is 4. The van der Waals surface area contributed by atoms with Crippen LogP contribution in [0.25, 0.3) is 10.7 Å². The molecule has 1 atom stereocenters. The van der Waals surface area contributed by atoms with Crippen LogP contribution in [-0.4, -0.2) is 23.6 Å². The Hall–Kier alpha value is -1.26. The maximum absolute atomic E-state index is 4.79. The largest absolute Gasteiger partial charge is 0.319 e. The highest BCUT2D eigenvalue weighted by atomic mass is 32.1. The van der Waals surface area contributed by atoms with Gasteiger partial charge in [0, 0.05) is 11.4 Å². The lowest BCUT2D eigenvalue weighted by Crippen LogP contribution is -2.26. The molecule has 0 amide bonds. The molecule has 1 aliphatic carbocycles. The summed E-state index contributed by atoms with van der Waals surface area (Å²) in [6.07, 6.45) is 3.43. The van der Waals surface area contributed by atoms with Gasteiger partial charge in [-0.25, -0.2) is 9.97 Å².